The molecule has 7 nitrogen and oxygen atoms in total. The number of guanidine groups is 1. The fraction of sp³-hybridized carbons (Fsp3) is 0.333. The summed E-state index contributed by atoms with van der Waals surface area (Å²) in [6.45, 7) is 3.34. The van der Waals surface area contributed by atoms with Crippen LogP contribution in [0.2, 0.25) is 0 Å². The molecule has 1 aromatic carbocycles. The van der Waals surface area contributed by atoms with Crippen LogP contribution in [-0.4, -0.2) is 34.8 Å². The van der Waals surface area contributed by atoms with Gasteiger partial charge in [0, 0.05) is 25.1 Å². The van der Waals surface area contributed by atoms with Crippen LogP contribution in [0.25, 0.3) is 0 Å². The van der Waals surface area contributed by atoms with E-state index in [2.05, 4.69) is 10.1 Å². The molecule has 3 rings (SSSR count). The second-order valence-corrected chi connectivity index (χ2v) is 6.61. The maximum Gasteiger partial charge on any atom is 0.231 e. The van der Waals surface area contributed by atoms with Crippen molar-refractivity contribution in [2.75, 3.05) is 7.05 Å². The van der Waals surface area contributed by atoms with Gasteiger partial charge in [-0.1, -0.05) is 11.2 Å². The number of aromatic nitrogens is 1. The average Bonchev–Trinajstić information content (AvgIpc) is 3.01. The molecule has 8 heteroatoms. The van der Waals surface area contributed by atoms with Crippen LogP contribution < -0.4 is 5.73 Å². The molecular weight excluding hydrogens is 339 g/mol. The molecule has 0 spiro atoms. The van der Waals surface area contributed by atoms with Crippen LogP contribution >= 0.6 is 0 Å². The Balaban J connectivity index is 1.93. The zero-order valence-corrected chi connectivity index (χ0v) is 14.7. The molecule has 2 N–H and O–H groups in total. The molecule has 0 radical (unpaired) electrons. The van der Waals surface area contributed by atoms with E-state index >= 15 is 0 Å². The highest BCUT2D eigenvalue weighted by Crippen LogP contribution is 2.35. The van der Waals surface area contributed by atoms with Gasteiger partial charge in [0.1, 0.15) is 17.3 Å². The molecular formula is C18H19FN4O3. The Morgan fingerprint density at radius 2 is 2.15 bits per heavy atom. The van der Waals surface area contributed by atoms with Crippen LogP contribution in [0.5, 0.6) is 0 Å². The lowest BCUT2D eigenvalue weighted by molar-refractivity contribution is -0.128. The molecule has 1 aliphatic heterocycles. The number of carbonyl (C=O) groups excluding carboxylic acids is 2. The molecule has 0 saturated carbocycles. The Morgan fingerprint density at radius 1 is 1.42 bits per heavy atom. The van der Waals surface area contributed by atoms with Gasteiger partial charge in [-0.05, 0) is 31.5 Å². The van der Waals surface area contributed by atoms with Gasteiger partial charge in [0.05, 0.1) is 12.0 Å². The molecule has 0 saturated heterocycles. The van der Waals surface area contributed by atoms with E-state index < -0.39 is 11.4 Å². The van der Waals surface area contributed by atoms with E-state index in [1.165, 1.54) is 24.1 Å². The van der Waals surface area contributed by atoms with E-state index in [9.17, 15) is 14.0 Å². The minimum Gasteiger partial charge on any atom is -0.369 e. The van der Waals surface area contributed by atoms with Gasteiger partial charge in [0.15, 0.2) is 11.7 Å². The number of ketones is 1. The van der Waals surface area contributed by atoms with Crippen molar-refractivity contribution in [3.8, 4) is 0 Å². The zero-order valence-electron chi connectivity index (χ0n) is 14.7. The first-order chi connectivity index (χ1) is 12.2. The lowest BCUT2D eigenvalue weighted by atomic mass is 9.85. The number of hydrogen-bond donors (Lipinski definition) is 1. The SMILES string of the molecule is Cc1cc(C(=O)Cc2ccc(F)c(C3(C)CC(=O)N(C)C(N)=N3)c2)no1. The quantitative estimate of drug-likeness (QED) is 0.842. The molecule has 1 atom stereocenters. The number of hydrogen-bond acceptors (Lipinski definition) is 6. The first kappa shape index (κ1) is 17.8. The predicted octanol–water partition coefficient (Wildman–Crippen LogP) is 1.94. The molecule has 2 aromatic rings. The summed E-state index contributed by atoms with van der Waals surface area (Å²) >= 11 is 0. The summed E-state index contributed by atoms with van der Waals surface area (Å²) in [6, 6.07) is 5.90. The summed E-state index contributed by atoms with van der Waals surface area (Å²) in [4.78, 5) is 30.0. The number of nitrogens with two attached hydrogens (primary N) is 1. The highest BCUT2D eigenvalue weighted by molar-refractivity contribution is 5.99. The Hall–Kier alpha value is -3.03. The molecule has 0 fully saturated rings. The Morgan fingerprint density at radius 3 is 2.77 bits per heavy atom. The van der Waals surface area contributed by atoms with Gasteiger partial charge in [-0.3, -0.25) is 14.5 Å². The summed E-state index contributed by atoms with van der Waals surface area (Å²) in [5, 5.41) is 3.70. The van der Waals surface area contributed by atoms with Crippen LogP contribution in [0.15, 0.2) is 33.8 Å². The number of halogens is 1. The summed E-state index contributed by atoms with van der Waals surface area (Å²) in [5.41, 5.74) is 5.70. The minimum absolute atomic E-state index is 0.0129. The Kier molecular flexibility index (Phi) is 4.35. The van der Waals surface area contributed by atoms with Crippen molar-refractivity contribution in [2.24, 2.45) is 10.7 Å². The molecule has 0 aliphatic carbocycles. The largest absolute Gasteiger partial charge is 0.369 e. The fourth-order valence-corrected chi connectivity index (χ4v) is 2.93. The van der Waals surface area contributed by atoms with Crippen molar-refractivity contribution in [3.05, 3.63) is 52.7 Å². The van der Waals surface area contributed by atoms with Crippen LogP contribution in [0.3, 0.4) is 0 Å². The molecule has 26 heavy (non-hydrogen) atoms. The van der Waals surface area contributed by atoms with Crippen LogP contribution in [-0.2, 0) is 16.8 Å². The van der Waals surface area contributed by atoms with Gasteiger partial charge in [-0.25, -0.2) is 9.38 Å². The highest BCUT2D eigenvalue weighted by Gasteiger charge is 2.38. The smallest absolute Gasteiger partial charge is 0.231 e. The number of benzene rings is 1. The van der Waals surface area contributed by atoms with Crippen LogP contribution in [0.1, 0.15) is 40.7 Å². The number of aliphatic imine (C=N–C) groups is 1. The normalized spacial score (nSPS) is 20.2. The van der Waals surface area contributed by atoms with E-state index in [1.807, 2.05) is 0 Å². The Bertz CT molecular complexity index is 921. The van der Waals surface area contributed by atoms with Gasteiger partial charge in [-0.15, -0.1) is 0 Å². The van der Waals surface area contributed by atoms with Gasteiger partial charge in [0.2, 0.25) is 5.91 Å². The maximum absolute atomic E-state index is 14.5. The first-order valence-electron chi connectivity index (χ1n) is 8.07. The summed E-state index contributed by atoms with van der Waals surface area (Å²) in [6.07, 6.45) is 0.0172. The molecule has 1 aliphatic rings. The number of Topliss-reactive ketones (excluding diaryl/α,β-unsaturated/α-hetero) is 1. The molecule has 0 bridgehead atoms. The fourth-order valence-electron chi connectivity index (χ4n) is 2.93. The number of carbonyl (C=O) groups is 2. The van der Waals surface area contributed by atoms with Gasteiger partial charge >= 0.3 is 0 Å². The number of amides is 1. The summed E-state index contributed by atoms with van der Waals surface area (Å²) < 4.78 is 19.4. The topological polar surface area (TPSA) is 102 Å². The van der Waals surface area contributed by atoms with E-state index in [0.29, 0.717) is 11.3 Å². The van der Waals surface area contributed by atoms with Crippen molar-refractivity contribution in [1.29, 1.82) is 0 Å². The third-order valence-corrected chi connectivity index (χ3v) is 4.46. The molecule has 1 amide bonds. The second-order valence-electron chi connectivity index (χ2n) is 6.61. The van der Waals surface area contributed by atoms with Crippen LogP contribution in [0.4, 0.5) is 4.39 Å². The summed E-state index contributed by atoms with van der Waals surface area (Å²) in [5.74, 6) is -0.432. The highest BCUT2D eigenvalue weighted by atomic mass is 19.1. The molecule has 2 heterocycles. The van der Waals surface area contributed by atoms with Crippen molar-refractivity contribution < 1.29 is 18.5 Å². The second kappa shape index (κ2) is 6.36. The van der Waals surface area contributed by atoms with E-state index in [0.717, 1.165) is 0 Å². The predicted molar refractivity (Wildman–Crippen MR) is 92.0 cm³/mol. The van der Waals surface area contributed by atoms with E-state index in [4.69, 9.17) is 10.3 Å². The van der Waals surface area contributed by atoms with Crippen LogP contribution in [0, 0.1) is 12.7 Å². The van der Waals surface area contributed by atoms with Crippen molar-refractivity contribution in [2.45, 2.75) is 32.2 Å². The first-order valence-corrected chi connectivity index (χ1v) is 8.07. The van der Waals surface area contributed by atoms with Gasteiger partial charge in [-0.2, -0.15) is 0 Å². The van der Waals surface area contributed by atoms with E-state index in [1.54, 1.807) is 26.0 Å². The van der Waals surface area contributed by atoms with Gasteiger partial charge in [0.25, 0.3) is 0 Å². The van der Waals surface area contributed by atoms with Crippen molar-refractivity contribution in [3.63, 3.8) is 0 Å². The Labute approximate surface area is 149 Å². The molecule has 1 aromatic heterocycles. The monoisotopic (exact) mass is 358 g/mol. The zero-order chi connectivity index (χ0) is 19.1. The minimum atomic E-state index is -1.12. The lowest BCUT2D eigenvalue weighted by Gasteiger charge is -2.34. The third-order valence-electron chi connectivity index (χ3n) is 4.46. The average molecular weight is 358 g/mol. The van der Waals surface area contributed by atoms with Gasteiger partial charge < -0.3 is 10.3 Å². The number of rotatable bonds is 4. The van der Waals surface area contributed by atoms with Crippen molar-refractivity contribution >= 4 is 17.6 Å². The third kappa shape index (κ3) is 3.22. The molecule has 136 valence electrons. The molecule has 1 unspecified atom stereocenters. The number of aryl methyl sites for hydroxylation is 1. The lowest BCUT2D eigenvalue weighted by Crippen LogP contribution is -2.47. The maximum atomic E-state index is 14.5. The van der Waals surface area contributed by atoms with E-state index in [-0.39, 0.29) is 41.7 Å². The van der Waals surface area contributed by atoms with Crippen molar-refractivity contribution in [1.82, 2.24) is 10.1 Å². The standard InChI is InChI=1S/C18H19FN4O3/c1-10-6-14(22-26-10)15(24)8-11-4-5-13(19)12(7-11)18(2)9-16(25)23(3)17(20)21-18/h4-7H,8-9H2,1-3H3,(H2,20,21). The summed E-state index contributed by atoms with van der Waals surface area (Å²) in [7, 11) is 1.52. The number of nitrogens with zero attached hydrogens (tertiary/aromatic N) is 3.